The molecule has 1 N–H and O–H groups in total. The van der Waals surface area contributed by atoms with Gasteiger partial charge in [0.25, 0.3) is 0 Å². The number of aromatic nitrogens is 1. The highest BCUT2D eigenvalue weighted by Gasteiger charge is 2.27. The molecule has 1 amide bonds. The van der Waals surface area contributed by atoms with Crippen LogP contribution in [0.3, 0.4) is 0 Å². The van der Waals surface area contributed by atoms with Gasteiger partial charge in [-0.3, -0.25) is 4.79 Å². The minimum absolute atomic E-state index is 0.0742. The Balaban J connectivity index is 1.65. The van der Waals surface area contributed by atoms with Crippen molar-refractivity contribution in [1.82, 2.24) is 9.88 Å². The van der Waals surface area contributed by atoms with Gasteiger partial charge < -0.3 is 14.4 Å². The van der Waals surface area contributed by atoms with Crippen LogP contribution in [0.4, 0.5) is 4.39 Å². The van der Waals surface area contributed by atoms with Crippen LogP contribution in [0, 0.1) is 11.7 Å². The Morgan fingerprint density at radius 2 is 2.17 bits per heavy atom. The molecule has 2 aromatic rings. The summed E-state index contributed by atoms with van der Waals surface area (Å²) in [4.78, 5) is 18.2. The molecule has 2 heterocycles. The third-order valence-corrected chi connectivity index (χ3v) is 4.25. The van der Waals surface area contributed by atoms with Crippen molar-refractivity contribution < 1.29 is 18.7 Å². The molecule has 5 nitrogen and oxygen atoms in total. The number of carbonyl (C=O) groups is 1. The second kappa shape index (κ2) is 6.50. The maximum atomic E-state index is 12.9. The smallest absolute Gasteiger partial charge is 0.228 e. The van der Waals surface area contributed by atoms with Crippen molar-refractivity contribution in [3.05, 3.63) is 42.0 Å². The van der Waals surface area contributed by atoms with Gasteiger partial charge in [-0.15, -0.1) is 0 Å². The van der Waals surface area contributed by atoms with Gasteiger partial charge in [-0.25, -0.2) is 9.37 Å². The van der Waals surface area contributed by atoms with Crippen molar-refractivity contribution in [2.45, 2.75) is 25.9 Å². The van der Waals surface area contributed by atoms with Crippen LogP contribution in [0.15, 0.2) is 34.9 Å². The Morgan fingerprint density at radius 3 is 2.87 bits per heavy atom. The van der Waals surface area contributed by atoms with E-state index in [9.17, 15) is 14.3 Å². The van der Waals surface area contributed by atoms with Crippen molar-refractivity contribution >= 4 is 5.91 Å². The molecular formula is C17H19FN2O3. The van der Waals surface area contributed by atoms with Crippen LogP contribution >= 0.6 is 0 Å². The molecule has 2 unspecified atom stereocenters. The zero-order chi connectivity index (χ0) is 16.4. The first-order valence-electron chi connectivity index (χ1n) is 7.69. The topological polar surface area (TPSA) is 66.6 Å². The standard InChI is InChI=1S/C17H19FN2O3/c1-11-6-7-20(9-15(11)21)16(22)8-14-10-23-17(19-14)12-2-4-13(18)5-3-12/h2-5,10-11,15,21H,6-9H2,1H3. The Labute approximate surface area is 133 Å². The summed E-state index contributed by atoms with van der Waals surface area (Å²) in [6.07, 6.45) is 1.90. The number of hydrogen-bond donors (Lipinski definition) is 1. The van der Waals surface area contributed by atoms with E-state index in [-0.39, 0.29) is 24.1 Å². The largest absolute Gasteiger partial charge is 0.444 e. The highest BCUT2D eigenvalue weighted by molar-refractivity contribution is 5.78. The van der Waals surface area contributed by atoms with Gasteiger partial charge in [0.1, 0.15) is 12.1 Å². The van der Waals surface area contributed by atoms with E-state index in [0.29, 0.717) is 30.2 Å². The number of likely N-dealkylation sites (tertiary alicyclic amines) is 1. The number of rotatable bonds is 3. The molecule has 0 aliphatic carbocycles. The molecule has 0 saturated carbocycles. The van der Waals surface area contributed by atoms with E-state index in [4.69, 9.17) is 4.42 Å². The summed E-state index contributed by atoms with van der Waals surface area (Å²) in [7, 11) is 0. The predicted octanol–water partition coefficient (Wildman–Crippen LogP) is 2.25. The van der Waals surface area contributed by atoms with Crippen LogP contribution in [-0.2, 0) is 11.2 Å². The number of nitrogens with zero attached hydrogens (tertiary/aromatic N) is 2. The van der Waals surface area contributed by atoms with Crippen molar-refractivity contribution in [3.8, 4) is 11.5 Å². The molecule has 1 aliphatic rings. The summed E-state index contributed by atoms with van der Waals surface area (Å²) in [5, 5.41) is 9.88. The van der Waals surface area contributed by atoms with Gasteiger partial charge in [0.2, 0.25) is 11.8 Å². The molecule has 1 aromatic carbocycles. The van der Waals surface area contributed by atoms with Gasteiger partial charge in [-0.2, -0.15) is 0 Å². The first-order valence-corrected chi connectivity index (χ1v) is 7.69. The van der Waals surface area contributed by atoms with Gasteiger partial charge in [0.15, 0.2) is 0 Å². The van der Waals surface area contributed by atoms with Gasteiger partial charge in [0, 0.05) is 18.7 Å². The zero-order valence-electron chi connectivity index (χ0n) is 12.9. The summed E-state index contributed by atoms with van der Waals surface area (Å²) in [6.45, 7) is 3.00. The molecule has 6 heteroatoms. The number of amides is 1. The van der Waals surface area contributed by atoms with Crippen molar-refractivity contribution in [2.75, 3.05) is 13.1 Å². The minimum Gasteiger partial charge on any atom is -0.444 e. The third kappa shape index (κ3) is 3.59. The van der Waals surface area contributed by atoms with Crippen LogP contribution in [0.25, 0.3) is 11.5 Å². The molecule has 1 fully saturated rings. The number of oxazole rings is 1. The van der Waals surface area contributed by atoms with E-state index in [1.54, 1.807) is 17.0 Å². The number of hydrogen-bond acceptors (Lipinski definition) is 4. The molecule has 3 rings (SSSR count). The zero-order valence-corrected chi connectivity index (χ0v) is 12.9. The average Bonchev–Trinajstić information content (AvgIpc) is 2.99. The van der Waals surface area contributed by atoms with E-state index >= 15 is 0 Å². The normalized spacial score (nSPS) is 21.4. The van der Waals surface area contributed by atoms with Crippen LogP contribution in [0.1, 0.15) is 19.0 Å². The second-order valence-corrected chi connectivity index (χ2v) is 6.00. The highest BCUT2D eigenvalue weighted by Crippen LogP contribution is 2.21. The molecule has 2 atom stereocenters. The van der Waals surface area contributed by atoms with E-state index in [2.05, 4.69) is 4.98 Å². The fourth-order valence-corrected chi connectivity index (χ4v) is 2.66. The van der Waals surface area contributed by atoms with Gasteiger partial charge in [-0.05, 0) is 36.6 Å². The number of β-amino-alcohol motifs (C(OH)–C–C–N with tert-alkyl or cyclic N) is 1. The van der Waals surface area contributed by atoms with Crippen molar-refractivity contribution in [2.24, 2.45) is 5.92 Å². The summed E-state index contributed by atoms with van der Waals surface area (Å²) in [6, 6.07) is 5.82. The summed E-state index contributed by atoms with van der Waals surface area (Å²) in [5.41, 5.74) is 1.19. The van der Waals surface area contributed by atoms with E-state index < -0.39 is 6.10 Å². The van der Waals surface area contributed by atoms with E-state index in [0.717, 1.165) is 6.42 Å². The number of aliphatic hydroxyl groups excluding tert-OH is 1. The lowest BCUT2D eigenvalue weighted by atomic mass is 9.96. The van der Waals surface area contributed by atoms with Crippen LogP contribution in [0.2, 0.25) is 0 Å². The Kier molecular flexibility index (Phi) is 4.43. The molecular weight excluding hydrogens is 299 g/mol. The van der Waals surface area contributed by atoms with Crippen LogP contribution < -0.4 is 0 Å². The molecule has 0 bridgehead atoms. The van der Waals surface area contributed by atoms with E-state index in [1.165, 1.54) is 18.4 Å². The molecule has 0 spiro atoms. The van der Waals surface area contributed by atoms with Gasteiger partial charge in [-0.1, -0.05) is 6.92 Å². The summed E-state index contributed by atoms with van der Waals surface area (Å²) < 4.78 is 18.3. The molecule has 122 valence electrons. The van der Waals surface area contributed by atoms with E-state index in [1.807, 2.05) is 6.92 Å². The first-order chi connectivity index (χ1) is 11.0. The number of aliphatic hydroxyl groups is 1. The Bertz CT molecular complexity index is 683. The molecule has 1 saturated heterocycles. The fraction of sp³-hybridized carbons (Fsp3) is 0.412. The maximum absolute atomic E-state index is 12.9. The van der Waals surface area contributed by atoms with Gasteiger partial charge in [0.05, 0.1) is 18.2 Å². The Hall–Kier alpha value is -2.21. The number of piperidine rings is 1. The maximum Gasteiger partial charge on any atom is 0.228 e. The predicted molar refractivity (Wildman–Crippen MR) is 82.0 cm³/mol. The number of carbonyl (C=O) groups excluding carboxylic acids is 1. The molecule has 1 aromatic heterocycles. The first kappa shape index (κ1) is 15.7. The summed E-state index contributed by atoms with van der Waals surface area (Å²) >= 11 is 0. The number of benzene rings is 1. The van der Waals surface area contributed by atoms with Crippen molar-refractivity contribution in [1.29, 1.82) is 0 Å². The fourth-order valence-electron chi connectivity index (χ4n) is 2.66. The molecule has 23 heavy (non-hydrogen) atoms. The van der Waals surface area contributed by atoms with Gasteiger partial charge >= 0.3 is 0 Å². The molecule has 0 radical (unpaired) electrons. The Morgan fingerprint density at radius 1 is 1.43 bits per heavy atom. The van der Waals surface area contributed by atoms with Crippen LogP contribution in [0.5, 0.6) is 0 Å². The third-order valence-electron chi connectivity index (χ3n) is 4.25. The van der Waals surface area contributed by atoms with Crippen molar-refractivity contribution in [3.63, 3.8) is 0 Å². The number of halogens is 1. The second-order valence-electron chi connectivity index (χ2n) is 6.00. The monoisotopic (exact) mass is 318 g/mol. The molecule has 1 aliphatic heterocycles. The van der Waals surface area contributed by atoms with Crippen LogP contribution in [-0.4, -0.2) is 40.1 Å². The summed E-state index contributed by atoms with van der Waals surface area (Å²) in [5.74, 6) is 0.180. The lowest BCUT2D eigenvalue weighted by Gasteiger charge is -2.34. The minimum atomic E-state index is -0.472. The SMILES string of the molecule is CC1CCN(C(=O)Cc2coc(-c3ccc(F)cc3)n2)CC1O. The lowest BCUT2D eigenvalue weighted by Crippen LogP contribution is -2.46. The lowest BCUT2D eigenvalue weighted by molar-refractivity contribution is -0.134. The highest BCUT2D eigenvalue weighted by atomic mass is 19.1. The quantitative estimate of drug-likeness (QED) is 0.942. The average molecular weight is 318 g/mol.